The Balaban J connectivity index is 2.57. The lowest BCUT2D eigenvalue weighted by Gasteiger charge is -2.06. The summed E-state index contributed by atoms with van der Waals surface area (Å²) in [4.78, 5) is 34.0. The molecule has 0 atom stereocenters. The van der Waals surface area contributed by atoms with E-state index in [-0.39, 0.29) is 19.7 Å². The lowest BCUT2D eigenvalue weighted by atomic mass is 10.3. The number of amides is 2. The van der Waals surface area contributed by atoms with Gasteiger partial charge < -0.3 is 21.1 Å². The van der Waals surface area contributed by atoms with Crippen LogP contribution in [0, 0.1) is 0 Å². The van der Waals surface area contributed by atoms with Crippen LogP contribution >= 0.6 is 11.3 Å². The van der Waals surface area contributed by atoms with E-state index in [1.807, 2.05) is 0 Å². The van der Waals surface area contributed by atoms with Gasteiger partial charge in [0.15, 0.2) is 0 Å². The Kier molecular flexibility index (Phi) is 5.97. The molecule has 0 radical (unpaired) electrons. The average Bonchev–Trinajstić information content (AvgIpc) is 2.84. The van der Waals surface area contributed by atoms with Gasteiger partial charge >= 0.3 is 5.97 Å². The minimum Gasteiger partial charge on any atom is -0.462 e. The number of esters is 1. The van der Waals surface area contributed by atoms with E-state index in [9.17, 15) is 14.4 Å². The van der Waals surface area contributed by atoms with E-state index in [2.05, 4.69) is 10.6 Å². The van der Waals surface area contributed by atoms with Crippen molar-refractivity contribution in [3.63, 3.8) is 0 Å². The number of ether oxygens (including phenoxy) is 1. The molecular weight excluding hydrogens is 270 g/mol. The van der Waals surface area contributed by atoms with Crippen LogP contribution in [0.5, 0.6) is 0 Å². The van der Waals surface area contributed by atoms with Crippen LogP contribution in [0.1, 0.15) is 17.3 Å². The Morgan fingerprint density at radius 1 is 1.37 bits per heavy atom. The number of anilines is 1. The summed E-state index contributed by atoms with van der Waals surface area (Å²) in [5.74, 6) is -1.35. The van der Waals surface area contributed by atoms with Crippen LogP contribution in [-0.2, 0) is 14.3 Å². The SMILES string of the molecule is CCOC(=O)c1ccsc1NC(=O)CNC(=O)CN. The molecule has 0 spiro atoms. The first-order valence-electron chi connectivity index (χ1n) is 5.59. The van der Waals surface area contributed by atoms with Crippen molar-refractivity contribution < 1.29 is 19.1 Å². The summed E-state index contributed by atoms with van der Waals surface area (Å²) < 4.78 is 4.85. The van der Waals surface area contributed by atoms with Gasteiger partial charge in [-0.15, -0.1) is 11.3 Å². The Bertz CT molecular complexity index is 472. The Morgan fingerprint density at radius 2 is 2.11 bits per heavy atom. The Morgan fingerprint density at radius 3 is 2.74 bits per heavy atom. The van der Waals surface area contributed by atoms with E-state index < -0.39 is 17.8 Å². The van der Waals surface area contributed by atoms with Crippen LogP contribution in [0.15, 0.2) is 11.4 Å². The Hall–Kier alpha value is -1.93. The third kappa shape index (κ3) is 4.68. The maximum atomic E-state index is 11.6. The predicted molar refractivity (Wildman–Crippen MR) is 71.0 cm³/mol. The third-order valence-corrected chi connectivity index (χ3v) is 2.87. The number of thiophene rings is 1. The fraction of sp³-hybridized carbons (Fsp3) is 0.364. The van der Waals surface area contributed by atoms with Crippen LogP contribution in [0.2, 0.25) is 0 Å². The molecule has 2 amide bonds. The van der Waals surface area contributed by atoms with Crippen molar-refractivity contribution in [1.29, 1.82) is 0 Å². The lowest BCUT2D eigenvalue weighted by molar-refractivity contribution is -0.123. The molecule has 0 aliphatic rings. The number of hydrogen-bond donors (Lipinski definition) is 3. The van der Waals surface area contributed by atoms with E-state index >= 15 is 0 Å². The van der Waals surface area contributed by atoms with Gasteiger partial charge in [0, 0.05) is 0 Å². The number of rotatable bonds is 6. The van der Waals surface area contributed by atoms with E-state index in [4.69, 9.17) is 10.5 Å². The summed E-state index contributed by atoms with van der Waals surface area (Å²) in [5.41, 5.74) is 5.39. The van der Waals surface area contributed by atoms with Gasteiger partial charge in [-0.25, -0.2) is 4.79 Å². The van der Waals surface area contributed by atoms with Gasteiger partial charge in [0.2, 0.25) is 11.8 Å². The number of carbonyl (C=O) groups is 3. The van der Waals surface area contributed by atoms with Crippen molar-refractivity contribution >= 4 is 34.1 Å². The monoisotopic (exact) mass is 285 g/mol. The first kappa shape index (κ1) is 15.1. The molecule has 7 nitrogen and oxygen atoms in total. The van der Waals surface area contributed by atoms with E-state index in [1.54, 1.807) is 18.4 Å². The number of hydrogen-bond acceptors (Lipinski definition) is 6. The molecular formula is C11H15N3O4S. The van der Waals surface area contributed by atoms with Crippen molar-refractivity contribution in [2.75, 3.05) is 25.0 Å². The number of nitrogens with one attached hydrogen (secondary N) is 2. The second-order valence-corrected chi connectivity index (χ2v) is 4.33. The van der Waals surface area contributed by atoms with E-state index in [0.717, 1.165) is 0 Å². The summed E-state index contributed by atoms with van der Waals surface area (Å²) in [6, 6.07) is 1.57. The normalized spacial score (nSPS) is 9.79. The molecule has 19 heavy (non-hydrogen) atoms. The van der Waals surface area contributed by atoms with Crippen LogP contribution in [0.3, 0.4) is 0 Å². The van der Waals surface area contributed by atoms with Gasteiger partial charge in [-0.05, 0) is 18.4 Å². The van der Waals surface area contributed by atoms with Crippen LogP contribution in [-0.4, -0.2) is 37.5 Å². The zero-order valence-electron chi connectivity index (χ0n) is 10.4. The predicted octanol–water partition coefficient (Wildman–Crippen LogP) is -0.0618. The minimum atomic E-state index is -0.495. The molecule has 0 unspecified atom stereocenters. The molecule has 1 aromatic rings. The maximum absolute atomic E-state index is 11.6. The van der Waals surface area contributed by atoms with Crippen molar-refractivity contribution in [3.8, 4) is 0 Å². The summed E-state index contributed by atoms with van der Waals surface area (Å²) in [6.07, 6.45) is 0. The molecule has 1 rings (SSSR count). The molecule has 0 aliphatic carbocycles. The molecule has 0 saturated heterocycles. The minimum absolute atomic E-state index is 0.180. The standard InChI is InChI=1S/C11H15N3O4S/c1-2-18-11(17)7-3-4-19-10(7)14-9(16)6-13-8(15)5-12/h3-4H,2,5-6,12H2,1H3,(H,13,15)(H,14,16). The van der Waals surface area contributed by atoms with Gasteiger partial charge in [0.1, 0.15) is 5.00 Å². The van der Waals surface area contributed by atoms with Gasteiger partial charge in [0.25, 0.3) is 0 Å². The molecule has 1 aromatic heterocycles. The Labute approximate surface area is 114 Å². The van der Waals surface area contributed by atoms with Gasteiger partial charge in [-0.3, -0.25) is 9.59 Å². The zero-order chi connectivity index (χ0) is 14.3. The molecule has 0 fully saturated rings. The van der Waals surface area contributed by atoms with E-state index in [0.29, 0.717) is 10.6 Å². The molecule has 1 heterocycles. The third-order valence-electron chi connectivity index (χ3n) is 2.05. The summed E-state index contributed by atoms with van der Waals surface area (Å²) >= 11 is 1.20. The van der Waals surface area contributed by atoms with Crippen LogP contribution in [0.25, 0.3) is 0 Å². The van der Waals surface area contributed by atoms with Gasteiger partial charge in [0.05, 0.1) is 25.3 Å². The van der Waals surface area contributed by atoms with Crippen molar-refractivity contribution in [3.05, 3.63) is 17.0 Å². The van der Waals surface area contributed by atoms with E-state index in [1.165, 1.54) is 11.3 Å². The highest BCUT2D eigenvalue weighted by atomic mass is 32.1. The van der Waals surface area contributed by atoms with Crippen molar-refractivity contribution in [2.45, 2.75) is 6.92 Å². The summed E-state index contributed by atoms with van der Waals surface area (Å²) in [7, 11) is 0. The second kappa shape index (κ2) is 7.49. The lowest BCUT2D eigenvalue weighted by Crippen LogP contribution is -2.36. The highest BCUT2D eigenvalue weighted by molar-refractivity contribution is 7.14. The van der Waals surface area contributed by atoms with Gasteiger partial charge in [-0.2, -0.15) is 0 Å². The summed E-state index contributed by atoms with van der Waals surface area (Å²) in [6.45, 7) is 1.58. The zero-order valence-corrected chi connectivity index (χ0v) is 11.2. The van der Waals surface area contributed by atoms with Crippen molar-refractivity contribution in [2.24, 2.45) is 5.73 Å². The first-order chi connectivity index (χ1) is 9.08. The second-order valence-electron chi connectivity index (χ2n) is 3.41. The first-order valence-corrected chi connectivity index (χ1v) is 6.47. The number of nitrogens with two attached hydrogens (primary N) is 1. The summed E-state index contributed by atoms with van der Waals surface area (Å²) in [5, 5.41) is 6.92. The fourth-order valence-electron chi connectivity index (χ4n) is 1.20. The van der Waals surface area contributed by atoms with Crippen LogP contribution < -0.4 is 16.4 Å². The van der Waals surface area contributed by atoms with Crippen LogP contribution in [0.4, 0.5) is 5.00 Å². The molecule has 0 aromatic carbocycles. The highest BCUT2D eigenvalue weighted by Gasteiger charge is 2.16. The molecule has 4 N–H and O–H groups in total. The molecule has 104 valence electrons. The average molecular weight is 285 g/mol. The fourth-order valence-corrected chi connectivity index (χ4v) is 1.99. The smallest absolute Gasteiger partial charge is 0.341 e. The molecule has 0 aliphatic heterocycles. The maximum Gasteiger partial charge on any atom is 0.341 e. The molecule has 8 heteroatoms. The largest absolute Gasteiger partial charge is 0.462 e. The van der Waals surface area contributed by atoms with Crippen molar-refractivity contribution in [1.82, 2.24) is 5.32 Å². The molecule has 0 bridgehead atoms. The molecule has 0 saturated carbocycles. The highest BCUT2D eigenvalue weighted by Crippen LogP contribution is 2.23. The topological polar surface area (TPSA) is 111 Å². The quantitative estimate of drug-likeness (QED) is 0.634. The number of carbonyl (C=O) groups excluding carboxylic acids is 3. The van der Waals surface area contributed by atoms with Gasteiger partial charge in [-0.1, -0.05) is 0 Å².